The SMILES string of the molecule is NC(=CC(=O)C(Nc1ccc(Cl)c(Cl)c1)c1ccccc1)C1CCCCC1. The van der Waals surface area contributed by atoms with Crippen LogP contribution in [-0.4, -0.2) is 5.78 Å². The van der Waals surface area contributed by atoms with Crippen LogP contribution < -0.4 is 11.1 Å². The molecule has 27 heavy (non-hydrogen) atoms. The van der Waals surface area contributed by atoms with Crippen LogP contribution in [0.3, 0.4) is 0 Å². The summed E-state index contributed by atoms with van der Waals surface area (Å²) >= 11 is 12.1. The van der Waals surface area contributed by atoms with Crippen LogP contribution in [0.4, 0.5) is 5.69 Å². The van der Waals surface area contributed by atoms with Gasteiger partial charge in [-0.2, -0.15) is 0 Å². The zero-order chi connectivity index (χ0) is 19.2. The fraction of sp³-hybridized carbons (Fsp3) is 0.318. The van der Waals surface area contributed by atoms with E-state index in [4.69, 9.17) is 28.9 Å². The van der Waals surface area contributed by atoms with E-state index in [9.17, 15) is 4.79 Å². The van der Waals surface area contributed by atoms with E-state index in [0.717, 1.165) is 24.1 Å². The largest absolute Gasteiger partial charge is 0.402 e. The lowest BCUT2D eigenvalue weighted by Gasteiger charge is -2.23. The number of halogens is 2. The van der Waals surface area contributed by atoms with Crippen molar-refractivity contribution >= 4 is 34.7 Å². The van der Waals surface area contributed by atoms with Crippen molar-refractivity contribution in [2.24, 2.45) is 11.7 Å². The van der Waals surface area contributed by atoms with E-state index in [1.165, 1.54) is 19.3 Å². The Morgan fingerprint density at radius 2 is 1.74 bits per heavy atom. The molecule has 0 heterocycles. The molecular formula is C22H24Cl2N2O. The number of allylic oxidation sites excluding steroid dienone is 1. The standard InChI is InChI=1S/C22H24Cl2N2O/c23-18-12-11-17(13-19(18)24)26-22(16-9-5-2-6-10-16)21(27)14-20(25)15-7-3-1-4-8-15/h2,5-6,9-15,22,26H,1,3-4,7-8,25H2. The smallest absolute Gasteiger partial charge is 0.184 e. The Morgan fingerprint density at radius 3 is 2.41 bits per heavy atom. The summed E-state index contributed by atoms with van der Waals surface area (Å²) in [7, 11) is 0. The monoisotopic (exact) mass is 402 g/mol. The molecule has 3 rings (SSSR count). The summed E-state index contributed by atoms with van der Waals surface area (Å²) in [6, 6.07) is 14.3. The van der Waals surface area contributed by atoms with Gasteiger partial charge in [0, 0.05) is 17.5 Å². The molecule has 0 bridgehead atoms. The van der Waals surface area contributed by atoms with E-state index in [-0.39, 0.29) is 5.78 Å². The van der Waals surface area contributed by atoms with Gasteiger partial charge in [0.15, 0.2) is 5.78 Å². The maximum atomic E-state index is 13.1. The van der Waals surface area contributed by atoms with Crippen LogP contribution in [0.5, 0.6) is 0 Å². The molecule has 1 aliphatic rings. The first-order chi connectivity index (χ1) is 13.0. The number of carbonyl (C=O) groups is 1. The number of rotatable bonds is 6. The van der Waals surface area contributed by atoms with Gasteiger partial charge in [-0.15, -0.1) is 0 Å². The predicted octanol–water partition coefficient (Wildman–Crippen LogP) is 6.14. The molecule has 0 amide bonds. The van der Waals surface area contributed by atoms with Gasteiger partial charge in [-0.25, -0.2) is 0 Å². The first kappa shape index (κ1) is 19.8. The molecule has 1 aliphatic carbocycles. The third kappa shape index (κ3) is 5.27. The van der Waals surface area contributed by atoms with Gasteiger partial charge in [-0.1, -0.05) is 72.8 Å². The van der Waals surface area contributed by atoms with E-state index in [0.29, 0.717) is 21.7 Å². The maximum Gasteiger partial charge on any atom is 0.184 e. The molecule has 3 N–H and O–H groups in total. The van der Waals surface area contributed by atoms with Crippen molar-refractivity contribution in [2.45, 2.75) is 38.1 Å². The normalized spacial score (nSPS) is 16.7. The zero-order valence-electron chi connectivity index (χ0n) is 15.1. The van der Waals surface area contributed by atoms with Crippen molar-refractivity contribution in [3.63, 3.8) is 0 Å². The molecule has 142 valence electrons. The third-order valence-electron chi connectivity index (χ3n) is 5.03. The minimum atomic E-state index is -0.536. The minimum absolute atomic E-state index is 0.0599. The van der Waals surface area contributed by atoms with Crippen molar-refractivity contribution in [3.8, 4) is 0 Å². The summed E-state index contributed by atoms with van der Waals surface area (Å²) in [5, 5.41) is 4.20. The molecule has 0 aromatic heterocycles. The molecule has 0 spiro atoms. The van der Waals surface area contributed by atoms with Crippen LogP contribution >= 0.6 is 23.2 Å². The molecule has 2 aromatic rings. The fourth-order valence-corrected chi connectivity index (χ4v) is 3.82. The number of carbonyl (C=O) groups excluding carboxylic acids is 1. The number of nitrogens with one attached hydrogen (secondary N) is 1. The van der Waals surface area contributed by atoms with E-state index in [1.807, 2.05) is 36.4 Å². The molecule has 5 heteroatoms. The second-order valence-corrected chi connectivity index (χ2v) is 7.81. The van der Waals surface area contributed by atoms with Crippen LogP contribution in [0.1, 0.15) is 43.7 Å². The second-order valence-electron chi connectivity index (χ2n) is 7.00. The number of anilines is 1. The van der Waals surface area contributed by atoms with Crippen LogP contribution in [0, 0.1) is 5.92 Å². The van der Waals surface area contributed by atoms with Crippen LogP contribution in [0.25, 0.3) is 0 Å². The Kier molecular flexibility index (Phi) is 6.81. The van der Waals surface area contributed by atoms with Gasteiger partial charge in [0.05, 0.1) is 10.0 Å². The average Bonchev–Trinajstić information content (AvgIpc) is 2.70. The van der Waals surface area contributed by atoms with E-state index >= 15 is 0 Å². The number of hydrogen-bond donors (Lipinski definition) is 2. The lowest BCUT2D eigenvalue weighted by molar-refractivity contribution is -0.115. The maximum absolute atomic E-state index is 13.1. The van der Waals surface area contributed by atoms with Crippen molar-refractivity contribution < 1.29 is 4.79 Å². The molecule has 1 unspecified atom stereocenters. The van der Waals surface area contributed by atoms with Gasteiger partial charge >= 0.3 is 0 Å². The molecule has 1 fully saturated rings. The molecule has 0 aliphatic heterocycles. The summed E-state index contributed by atoms with van der Waals surface area (Å²) in [5.74, 6) is 0.249. The van der Waals surface area contributed by atoms with Crippen LogP contribution in [0.15, 0.2) is 60.3 Å². The lowest BCUT2D eigenvalue weighted by atomic mass is 9.86. The van der Waals surface area contributed by atoms with Crippen LogP contribution in [0.2, 0.25) is 10.0 Å². The summed E-state index contributed by atoms with van der Waals surface area (Å²) in [6.07, 6.45) is 7.34. The summed E-state index contributed by atoms with van der Waals surface area (Å²) < 4.78 is 0. The van der Waals surface area contributed by atoms with Gasteiger partial charge in [0.2, 0.25) is 0 Å². The van der Waals surface area contributed by atoms with Gasteiger partial charge in [-0.05, 0) is 42.5 Å². The highest BCUT2D eigenvalue weighted by Gasteiger charge is 2.22. The van der Waals surface area contributed by atoms with Gasteiger partial charge in [0.1, 0.15) is 6.04 Å². The van der Waals surface area contributed by atoms with Gasteiger partial charge < -0.3 is 11.1 Å². The van der Waals surface area contributed by atoms with E-state index in [2.05, 4.69) is 5.32 Å². The highest BCUT2D eigenvalue weighted by atomic mass is 35.5. The number of hydrogen-bond acceptors (Lipinski definition) is 3. The first-order valence-corrected chi connectivity index (χ1v) is 10.1. The Balaban J connectivity index is 1.85. The van der Waals surface area contributed by atoms with Crippen LogP contribution in [-0.2, 0) is 4.79 Å². The summed E-state index contributed by atoms with van der Waals surface area (Å²) in [4.78, 5) is 13.1. The Bertz CT molecular complexity index is 814. The highest BCUT2D eigenvalue weighted by Crippen LogP contribution is 2.30. The third-order valence-corrected chi connectivity index (χ3v) is 5.77. The van der Waals surface area contributed by atoms with Crippen molar-refractivity contribution in [1.29, 1.82) is 0 Å². The quantitative estimate of drug-likeness (QED) is 0.570. The lowest BCUT2D eigenvalue weighted by Crippen LogP contribution is -2.23. The van der Waals surface area contributed by atoms with Crippen molar-refractivity contribution in [1.82, 2.24) is 0 Å². The average molecular weight is 403 g/mol. The van der Waals surface area contributed by atoms with Gasteiger partial charge in [0.25, 0.3) is 0 Å². The Labute approximate surface area is 170 Å². The first-order valence-electron chi connectivity index (χ1n) is 9.32. The van der Waals surface area contributed by atoms with Crippen molar-refractivity contribution in [3.05, 3.63) is 75.9 Å². The molecule has 1 saturated carbocycles. The number of nitrogens with two attached hydrogens (primary N) is 1. The zero-order valence-corrected chi connectivity index (χ0v) is 16.6. The molecular weight excluding hydrogens is 379 g/mol. The molecule has 1 atom stereocenters. The van der Waals surface area contributed by atoms with E-state index in [1.54, 1.807) is 18.2 Å². The molecule has 0 saturated heterocycles. The Hall–Kier alpha value is -1.97. The predicted molar refractivity (Wildman–Crippen MR) is 113 cm³/mol. The van der Waals surface area contributed by atoms with E-state index < -0.39 is 6.04 Å². The highest BCUT2D eigenvalue weighted by molar-refractivity contribution is 6.42. The van der Waals surface area contributed by atoms with Gasteiger partial charge in [-0.3, -0.25) is 4.79 Å². The Morgan fingerprint density at radius 1 is 1.04 bits per heavy atom. The molecule has 2 aromatic carbocycles. The summed E-state index contributed by atoms with van der Waals surface area (Å²) in [5.41, 5.74) is 8.58. The fourth-order valence-electron chi connectivity index (χ4n) is 3.52. The minimum Gasteiger partial charge on any atom is -0.402 e. The molecule has 0 radical (unpaired) electrons. The summed E-state index contributed by atoms with van der Waals surface area (Å²) in [6.45, 7) is 0. The van der Waals surface area contributed by atoms with Crippen molar-refractivity contribution in [2.75, 3.05) is 5.32 Å². The number of benzene rings is 2. The number of ketones is 1. The second kappa shape index (κ2) is 9.29. The molecule has 3 nitrogen and oxygen atoms in total. The topological polar surface area (TPSA) is 55.1 Å².